The Bertz CT molecular complexity index is 206. The zero-order chi connectivity index (χ0) is 10.4. The SMILES string of the molecule is O=C=NC(C(F)F)C1CCCCCC1. The Morgan fingerprint density at radius 3 is 2.14 bits per heavy atom. The molecule has 1 rings (SSSR count). The average Bonchev–Trinajstić information content (AvgIpc) is 2.41. The van der Waals surface area contributed by atoms with Gasteiger partial charge in [0.05, 0.1) is 0 Å². The molecule has 0 aliphatic heterocycles. The highest BCUT2D eigenvalue weighted by Gasteiger charge is 2.29. The fraction of sp³-hybridized carbons (Fsp3) is 0.900. The van der Waals surface area contributed by atoms with Crippen molar-refractivity contribution in [3.63, 3.8) is 0 Å². The van der Waals surface area contributed by atoms with E-state index in [9.17, 15) is 13.6 Å². The fourth-order valence-corrected chi connectivity index (χ4v) is 2.08. The molecule has 1 saturated carbocycles. The standard InChI is InChI=1S/C10H15F2NO/c11-10(12)9(13-7-14)8-5-3-1-2-4-6-8/h8-10H,1-6H2. The quantitative estimate of drug-likeness (QED) is 0.394. The third kappa shape index (κ3) is 3.18. The normalized spacial score (nSPS) is 21.4. The maximum absolute atomic E-state index is 12.5. The Morgan fingerprint density at radius 1 is 1.14 bits per heavy atom. The molecule has 1 unspecified atom stereocenters. The summed E-state index contributed by atoms with van der Waals surface area (Å²) in [5, 5.41) is 0. The number of hydrogen-bond acceptors (Lipinski definition) is 2. The second-order valence-corrected chi connectivity index (χ2v) is 3.80. The van der Waals surface area contributed by atoms with E-state index in [0.717, 1.165) is 38.5 Å². The Balaban J connectivity index is 2.60. The van der Waals surface area contributed by atoms with Crippen LogP contribution in [-0.2, 0) is 4.79 Å². The van der Waals surface area contributed by atoms with E-state index >= 15 is 0 Å². The van der Waals surface area contributed by atoms with Crippen molar-refractivity contribution in [1.82, 2.24) is 0 Å². The summed E-state index contributed by atoms with van der Waals surface area (Å²) in [6, 6.07) is -1.12. The molecule has 0 radical (unpaired) electrons. The number of halogens is 2. The monoisotopic (exact) mass is 203 g/mol. The van der Waals surface area contributed by atoms with Gasteiger partial charge in [-0.25, -0.2) is 13.6 Å². The molecule has 0 bridgehead atoms. The van der Waals surface area contributed by atoms with E-state index in [1.165, 1.54) is 6.08 Å². The molecule has 0 aromatic carbocycles. The lowest BCUT2D eigenvalue weighted by atomic mass is 9.92. The molecule has 0 heterocycles. The third-order valence-electron chi connectivity index (χ3n) is 2.84. The van der Waals surface area contributed by atoms with Gasteiger partial charge in [-0.05, 0) is 18.8 Å². The number of alkyl halides is 2. The van der Waals surface area contributed by atoms with E-state index in [2.05, 4.69) is 4.99 Å². The number of hydrogen-bond donors (Lipinski definition) is 0. The zero-order valence-corrected chi connectivity index (χ0v) is 8.09. The van der Waals surface area contributed by atoms with Gasteiger partial charge in [-0.1, -0.05) is 25.7 Å². The molecule has 80 valence electrons. The van der Waals surface area contributed by atoms with Crippen molar-refractivity contribution in [1.29, 1.82) is 0 Å². The van der Waals surface area contributed by atoms with E-state index in [4.69, 9.17) is 0 Å². The van der Waals surface area contributed by atoms with Crippen molar-refractivity contribution < 1.29 is 13.6 Å². The maximum atomic E-state index is 12.5. The fourth-order valence-electron chi connectivity index (χ4n) is 2.08. The predicted molar refractivity (Wildman–Crippen MR) is 49.1 cm³/mol. The van der Waals surface area contributed by atoms with Gasteiger partial charge >= 0.3 is 0 Å². The highest BCUT2D eigenvalue weighted by molar-refractivity contribution is 5.33. The Morgan fingerprint density at radius 2 is 1.71 bits per heavy atom. The lowest BCUT2D eigenvalue weighted by Crippen LogP contribution is -2.26. The smallest absolute Gasteiger partial charge is 0.211 e. The molecular weight excluding hydrogens is 188 g/mol. The third-order valence-corrected chi connectivity index (χ3v) is 2.84. The van der Waals surface area contributed by atoms with Crippen molar-refractivity contribution in [2.45, 2.75) is 51.0 Å². The molecule has 0 N–H and O–H groups in total. The molecule has 1 aliphatic rings. The molecule has 1 atom stereocenters. The van der Waals surface area contributed by atoms with Crippen LogP contribution in [0.1, 0.15) is 38.5 Å². The summed E-state index contributed by atoms with van der Waals surface area (Å²) in [5.41, 5.74) is 0. The largest absolute Gasteiger partial charge is 0.261 e. The summed E-state index contributed by atoms with van der Waals surface area (Å²) < 4.78 is 25.1. The number of aliphatic imine (C=N–C) groups is 1. The molecule has 4 heteroatoms. The minimum absolute atomic E-state index is 0.126. The van der Waals surface area contributed by atoms with E-state index < -0.39 is 12.5 Å². The lowest BCUT2D eigenvalue weighted by Gasteiger charge is -2.20. The van der Waals surface area contributed by atoms with E-state index in [-0.39, 0.29) is 5.92 Å². The van der Waals surface area contributed by atoms with Gasteiger partial charge in [0.25, 0.3) is 6.43 Å². The summed E-state index contributed by atoms with van der Waals surface area (Å²) in [6.07, 6.45) is 4.43. The van der Waals surface area contributed by atoms with Crippen molar-refractivity contribution in [3.8, 4) is 0 Å². The van der Waals surface area contributed by atoms with Crippen LogP contribution >= 0.6 is 0 Å². The molecule has 1 fully saturated rings. The van der Waals surface area contributed by atoms with Gasteiger partial charge in [0.1, 0.15) is 6.04 Å². The van der Waals surface area contributed by atoms with Gasteiger partial charge in [0, 0.05) is 0 Å². The van der Waals surface area contributed by atoms with Gasteiger partial charge in [0.15, 0.2) is 0 Å². The molecule has 0 amide bonds. The molecular formula is C10H15F2NO. The van der Waals surface area contributed by atoms with Crippen molar-refractivity contribution in [3.05, 3.63) is 0 Å². The number of isocyanates is 1. The van der Waals surface area contributed by atoms with Gasteiger partial charge < -0.3 is 0 Å². The second-order valence-electron chi connectivity index (χ2n) is 3.80. The van der Waals surface area contributed by atoms with Crippen LogP contribution < -0.4 is 0 Å². The van der Waals surface area contributed by atoms with Gasteiger partial charge in [-0.3, -0.25) is 0 Å². The van der Waals surface area contributed by atoms with E-state index in [1.54, 1.807) is 0 Å². The first-order chi connectivity index (χ1) is 6.75. The van der Waals surface area contributed by atoms with E-state index in [0.29, 0.717) is 0 Å². The maximum Gasteiger partial charge on any atom is 0.261 e. The minimum atomic E-state index is -2.53. The van der Waals surface area contributed by atoms with E-state index in [1.807, 2.05) is 0 Å². The summed E-state index contributed by atoms with van der Waals surface area (Å²) in [7, 11) is 0. The van der Waals surface area contributed by atoms with Gasteiger partial charge in [-0.15, -0.1) is 0 Å². The zero-order valence-electron chi connectivity index (χ0n) is 8.09. The Kier molecular flexibility index (Phi) is 4.74. The molecule has 0 saturated heterocycles. The van der Waals surface area contributed by atoms with Gasteiger partial charge in [-0.2, -0.15) is 4.99 Å². The van der Waals surface area contributed by atoms with Crippen LogP contribution in [0, 0.1) is 5.92 Å². The summed E-state index contributed by atoms with van der Waals surface area (Å²) in [5.74, 6) is -0.126. The van der Waals surface area contributed by atoms with Crippen LogP contribution in [0.3, 0.4) is 0 Å². The molecule has 0 aromatic rings. The number of carbonyl (C=O) groups excluding carboxylic acids is 1. The van der Waals surface area contributed by atoms with Crippen LogP contribution in [0.25, 0.3) is 0 Å². The van der Waals surface area contributed by atoms with Crippen LogP contribution in [0.15, 0.2) is 4.99 Å². The highest BCUT2D eigenvalue weighted by Crippen LogP contribution is 2.29. The van der Waals surface area contributed by atoms with Crippen LogP contribution in [-0.4, -0.2) is 18.5 Å². The molecule has 0 spiro atoms. The molecule has 14 heavy (non-hydrogen) atoms. The summed E-state index contributed by atoms with van der Waals surface area (Å²) in [6.45, 7) is 0. The van der Waals surface area contributed by atoms with Crippen molar-refractivity contribution in [2.24, 2.45) is 10.9 Å². The first kappa shape index (κ1) is 11.3. The Labute approximate surface area is 82.4 Å². The number of nitrogens with zero attached hydrogens (tertiary/aromatic N) is 1. The number of rotatable bonds is 3. The van der Waals surface area contributed by atoms with Crippen LogP contribution in [0.5, 0.6) is 0 Å². The topological polar surface area (TPSA) is 29.4 Å². The first-order valence-electron chi connectivity index (χ1n) is 5.11. The summed E-state index contributed by atoms with van der Waals surface area (Å²) >= 11 is 0. The summed E-state index contributed by atoms with van der Waals surface area (Å²) in [4.78, 5) is 13.3. The average molecular weight is 203 g/mol. The molecule has 1 aliphatic carbocycles. The first-order valence-corrected chi connectivity index (χ1v) is 5.11. The van der Waals surface area contributed by atoms with Gasteiger partial charge in [0.2, 0.25) is 6.08 Å². The Hall–Kier alpha value is -0.760. The minimum Gasteiger partial charge on any atom is -0.211 e. The molecule has 0 aromatic heterocycles. The van der Waals surface area contributed by atoms with Crippen LogP contribution in [0.2, 0.25) is 0 Å². The van der Waals surface area contributed by atoms with Crippen molar-refractivity contribution in [2.75, 3.05) is 0 Å². The predicted octanol–water partition coefficient (Wildman–Crippen LogP) is 2.93. The second kappa shape index (κ2) is 5.86. The molecule has 2 nitrogen and oxygen atoms in total. The lowest BCUT2D eigenvalue weighted by molar-refractivity contribution is 0.0851. The van der Waals surface area contributed by atoms with Crippen molar-refractivity contribution >= 4 is 6.08 Å². The van der Waals surface area contributed by atoms with Crippen LogP contribution in [0.4, 0.5) is 8.78 Å². The highest BCUT2D eigenvalue weighted by atomic mass is 19.3.